The fraction of sp³-hybridized carbons (Fsp3) is 0.308. The van der Waals surface area contributed by atoms with Gasteiger partial charge in [0.05, 0.1) is 6.04 Å². The van der Waals surface area contributed by atoms with Crippen molar-refractivity contribution < 1.29 is 14.4 Å². The number of imide groups is 1. The van der Waals surface area contributed by atoms with Crippen LogP contribution in [0.25, 0.3) is 0 Å². The summed E-state index contributed by atoms with van der Waals surface area (Å²) in [4.78, 5) is 34.6. The van der Waals surface area contributed by atoms with E-state index in [0.717, 1.165) is 11.6 Å². The van der Waals surface area contributed by atoms with Gasteiger partial charge < -0.3 is 10.6 Å². The zero-order chi connectivity index (χ0) is 14.8. The van der Waals surface area contributed by atoms with Gasteiger partial charge in [0.2, 0.25) is 5.91 Å². The number of urea groups is 1. The molecule has 2 aliphatic heterocycles. The summed E-state index contributed by atoms with van der Waals surface area (Å²) in [6.07, 6.45) is 0. The van der Waals surface area contributed by atoms with E-state index in [4.69, 9.17) is 0 Å². The lowest BCUT2D eigenvalue weighted by atomic mass is 10.1. The van der Waals surface area contributed by atoms with E-state index in [1.807, 2.05) is 0 Å². The van der Waals surface area contributed by atoms with Gasteiger partial charge in [0.15, 0.2) is 0 Å². The molecule has 1 aromatic carbocycles. The molecule has 3 rings (SSSR count). The fourth-order valence-corrected chi connectivity index (χ4v) is 3.15. The molecule has 0 spiro atoms. The summed E-state index contributed by atoms with van der Waals surface area (Å²) in [6, 6.07) is 5.52. The van der Waals surface area contributed by atoms with E-state index in [-0.39, 0.29) is 17.9 Å². The van der Waals surface area contributed by atoms with Crippen LogP contribution in [0.15, 0.2) is 24.3 Å². The normalized spacial score (nSPS) is 24.6. The van der Waals surface area contributed by atoms with Crippen molar-refractivity contribution in [3.63, 3.8) is 0 Å². The molecule has 4 N–H and O–H groups in total. The van der Waals surface area contributed by atoms with Crippen LogP contribution in [0.5, 0.6) is 0 Å². The Hall–Kier alpha value is -2.06. The van der Waals surface area contributed by atoms with Crippen LogP contribution in [0, 0.1) is 0 Å². The molecule has 0 bridgehead atoms. The molecule has 2 aliphatic rings. The van der Waals surface area contributed by atoms with Gasteiger partial charge in [-0.2, -0.15) is 0 Å². The minimum absolute atomic E-state index is 0.0698. The number of amides is 4. The van der Waals surface area contributed by atoms with E-state index < -0.39 is 12.1 Å². The summed E-state index contributed by atoms with van der Waals surface area (Å²) in [6.45, 7) is 0. The first-order valence-electron chi connectivity index (χ1n) is 6.47. The molecule has 110 valence electrons. The van der Waals surface area contributed by atoms with Crippen LogP contribution in [-0.2, 0) is 9.59 Å². The van der Waals surface area contributed by atoms with Crippen molar-refractivity contribution in [1.29, 1.82) is 0 Å². The first-order valence-corrected chi connectivity index (χ1v) is 7.62. The van der Waals surface area contributed by atoms with Crippen molar-refractivity contribution in [3.8, 4) is 0 Å². The Balaban J connectivity index is 1.65. The maximum Gasteiger partial charge on any atom is 0.322 e. The molecule has 0 radical (unpaired) electrons. The van der Waals surface area contributed by atoms with Crippen molar-refractivity contribution in [2.24, 2.45) is 0 Å². The molecule has 2 saturated heterocycles. The fourth-order valence-electron chi connectivity index (χ4n) is 2.20. The Labute approximate surface area is 125 Å². The Morgan fingerprint density at radius 1 is 1.24 bits per heavy atom. The van der Waals surface area contributed by atoms with Crippen LogP contribution in [0.1, 0.15) is 11.6 Å². The molecule has 2 atom stereocenters. The number of carbonyl (C=O) groups excluding carboxylic acids is 3. The molecule has 0 aromatic heterocycles. The summed E-state index contributed by atoms with van der Waals surface area (Å²) in [5, 5.41) is 10.6. The predicted octanol–water partition coefficient (Wildman–Crippen LogP) is 0.168. The highest BCUT2D eigenvalue weighted by Crippen LogP contribution is 2.19. The molecular weight excluding hydrogens is 292 g/mol. The monoisotopic (exact) mass is 306 g/mol. The van der Waals surface area contributed by atoms with Crippen LogP contribution in [0.3, 0.4) is 0 Å². The second-order valence-corrected chi connectivity index (χ2v) is 5.81. The van der Waals surface area contributed by atoms with Crippen molar-refractivity contribution in [1.82, 2.24) is 16.0 Å². The Bertz CT molecular complexity index is 584. The number of benzene rings is 1. The third kappa shape index (κ3) is 3.01. The Morgan fingerprint density at radius 2 is 2.00 bits per heavy atom. The van der Waals surface area contributed by atoms with Crippen LogP contribution in [-0.4, -0.2) is 35.5 Å². The van der Waals surface area contributed by atoms with Gasteiger partial charge in [-0.15, -0.1) is 11.8 Å². The van der Waals surface area contributed by atoms with Crippen molar-refractivity contribution in [2.75, 3.05) is 16.9 Å². The Kier molecular flexibility index (Phi) is 3.80. The largest absolute Gasteiger partial charge is 0.325 e. The minimum Gasteiger partial charge on any atom is -0.325 e. The van der Waals surface area contributed by atoms with Gasteiger partial charge in [0.1, 0.15) is 6.04 Å². The number of rotatable bonds is 3. The lowest BCUT2D eigenvalue weighted by molar-refractivity contribution is -0.120. The van der Waals surface area contributed by atoms with Gasteiger partial charge in [0, 0.05) is 17.3 Å². The quantitative estimate of drug-likeness (QED) is 0.597. The standard InChI is InChI=1S/C13H14N4O3S/c18-11(9-5-21-6-14-9)15-8-3-1-7(2-4-8)10-12(19)17-13(20)16-10/h1-4,9-10,14H,5-6H2,(H,15,18)(H2,16,17,19,20). The van der Waals surface area contributed by atoms with Crippen molar-refractivity contribution in [3.05, 3.63) is 29.8 Å². The molecule has 2 heterocycles. The van der Waals surface area contributed by atoms with Gasteiger partial charge in [-0.3, -0.25) is 20.2 Å². The average molecular weight is 306 g/mol. The molecule has 21 heavy (non-hydrogen) atoms. The van der Waals surface area contributed by atoms with E-state index in [1.165, 1.54) is 0 Å². The van der Waals surface area contributed by atoms with E-state index >= 15 is 0 Å². The van der Waals surface area contributed by atoms with Gasteiger partial charge in [-0.25, -0.2) is 4.79 Å². The SMILES string of the molecule is O=C1NC(=O)C(c2ccc(NC(=O)C3CSCN3)cc2)N1. The predicted molar refractivity (Wildman–Crippen MR) is 78.7 cm³/mol. The zero-order valence-corrected chi connectivity index (χ0v) is 11.8. The number of thioether (sulfide) groups is 1. The van der Waals surface area contributed by atoms with Crippen LogP contribution < -0.4 is 21.3 Å². The van der Waals surface area contributed by atoms with E-state index in [1.54, 1.807) is 36.0 Å². The van der Waals surface area contributed by atoms with Crippen LogP contribution >= 0.6 is 11.8 Å². The van der Waals surface area contributed by atoms with E-state index in [2.05, 4.69) is 21.3 Å². The maximum absolute atomic E-state index is 11.9. The summed E-state index contributed by atoms with van der Waals surface area (Å²) in [5.41, 5.74) is 1.33. The second-order valence-electron chi connectivity index (χ2n) is 4.78. The van der Waals surface area contributed by atoms with Crippen molar-refractivity contribution in [2.45, 2.75) is 12.1 Å². The molecule has 2 fully saturated rings. The first kappa shape index (κ1) is 13.9. The molecule has 4 amide bonds. The van der Waals surface area contributed by atoms with Crippen molar-refractivity contribution >= 4 is 35.3 Å². The first-order chi connectivity index (χ1) is 10.1. The lowest BCUT2D eigenvalue weighted by Crippen LogP contribution is -2.37. The van der Waals surface area contributed by atoms with Crippen LogP contribution in [0.2, 0.25) is 0 Å². The number of carbonyl (C=O) groups is 3. The molecule has 2 unspecified atom stereocenters. The Morgan fingerprint density at radius 3 is 2.57 bits per heavy atom. The maximum atomic E-state index is 11.9. The second kappa shape index (κ2) is 5.74. The highest BCUT2D eigenvalue weighted by Gasteiger charge is 2.30. The number of anilines is 1. The molecule has 0 saturated carbocycles. The van der Waals surface area contributed by atoms with Gasteiger partial charge >= 0.3 is 6.03 Å². The summed E-state index contributed by atoms with van der Waals surface area (Å²) in [7, 11) is 0. The third-order valence-corrected chi connectivity index (χ3v) is 4.26. The van der Waals surface area contributed by atoms with Crippen LogP contribution in [0.4, 0.5) is 10.5 Å². The number of nitrogens with one attached hydrogen (secondary N) is 4. The zero-order valence-electron chi connectivity index (χ0n) is 11.0. The lowest BCUT2D eigenvalue weighted by Gasteiger charge is -2.12. The summed E-state index contributed by atoms with van der Waals surface area (Å²) < 4.78 is 0. The molecular formula is C13H14N4O3S. The molecule has 7 nitrogen and oxygen atoms in total. The van der Waals surface area contributed by atoms with Gasteiger partial charge in [0.25, 0.3) is 5.91 Å². The number of hydrogen-bond acceptors (Lipinski definition) is 5. The molecule has 0 aliphatic carbocycles. The smallest absolute Gasteiger partial charge is 0.322 e. The summed E-state index contributed by atoms with van der Waals surface area (Å²) in [5.74, 6) is 1.11. The van der Waals surface area contributed by atoms with E-state index in [9.17, 15) is 14.4 Å². The minimum atomic E-state index is -0.671. The van der Waals surface area contributed by atoms with Gasteiger partial charge in [-0.1, -0.05) is 12.1 Å². The highest BCUT2D eigenvalue weighted by molar-refractivity contribution is 7.99. The van der Waals surface area contributed by atoms with Gasteiger partial charge in [-0.05, 0) is 17.7 Å². The topological polar surface area (TPSA) is 99.3 Å². The van der Waals surface area contributed by atoms with E-state index in [0.29, 0.717) is 11.3 Å². The third-order valence-electron chi connectivity index (χ3n) is 3.32. The summed E-state index contributed by atoms with van der Waals surface area (Å²) >= 11 is 1.68. The molecule has 8 heteroatoms. The molecule has 1 aromatic rings. The number of hydrogen-bond donors (Lipinski definition) is 4. The average Bonchev–Trinajstić information content (AvgIpc) is 3.09. The highest BCUT2D eigenvalue weighted by atomic mass is 32.2.